The van der Waals surface area contributed by atoms with Crippen LogP contribution in [0.2, 0.25) is 0 Å². The topological polar surface area (TPSA) is 113 Å². The van der Waals surface area contributed by atoms with Gasteiger partial charge in [-0.1, -0.05) is 18.2 Å². The van der Waals surface area contributed by atoms with E-state index in [1.165, 1.54) is 36.4 Å². The quantitative estimate of drug-likeness (QED) is 0.431. The van der Waals surface area contributed by atoms with Crippen LogP contribution >= 0.6 is 0 Å². The molecule has 0 heterocycles. The number of carbonyl (C=O) groups is 1. The van der Waals surface area contributed by atoms with E-state index in [0.717, 1.165) is 0 Å². The molecule has 2 aromatic rings. The third-order valence-electron chi connectivity index (χ3n) is 2.76. The van der Waals surface area contributed by atoms with Crippen molar-refractivity contribution in [2.45, 2.75) is 0 Å². The first-order valence-electron chi connectivity index (χ1n) is 5.99. The molecule has 0 atom stereocenters. The molecular weight excluding hydrogens is 275 g/mol. The predicted octanol–water partition coefficient (Wildman–Crippen LogP) is 0.527. The second-order valence-corrected chi connectivity index (χ2v) is 4.26. The van der Waals surface area contributed by atoms with E-state index in [0.29, 0.717) is 5.69 Å². The lowest BCUT2D eigenvalue weighted by Crippen LogP contribution is -2.30. The maximum atomic E-state index is 12.0. The van der Waals surface area contributed by atoms with Crippen LogP contribution in [-0.2, 0) is 0 Å². The molecule has 7 nitrogen and oxygen atoms in total. The highest BCUT2D eigenvalue weighted by Gasteiger charge is 2.14. The number of nitrogens with zero attached hydrogens (tertiary/aromatic N) is 1. The Morgan fingerprint density at radius 2 is 1.86 bits per heavy atom. The third-order valence-corrected chi connectivity index (χ3v) is 2.76. The number of nitrogens with one attached hydrogen (secondary N) is 1. The molecule has 3 N–H and O–H groups in total. The van der Waals surface area contributed by atoms with Crippen molar-refractivity contribution in [3.05, 3.63) is 64.2 Å². The van der Waals surface area contributed by atoms with Gasteiger partial charge in [0.15, 0.2) is 0 Å². The van der Waals surface area contributed by atoms with Gasteiger partial charge in [0.2, 0.25) is 0 Å². The SMILES string of the molecule is O=C(Nc1cccc(B(O)O)c1)c1cccc([N+](=O)[O-])c1. The second-order valence-electron chi connectivity index (χ2n) is 4.26. The van der Waals surface area contributed by atoms with E-state index in [4.69, 9.17) is 10.0 Å². The summed E-state index contributed by atoms with van der Waals surface area (Å²) in [6.07, 6.45) is 0. The number of nitro groups is 1. The van der Waals surface area contributed by atoms with Gasteiger partial charge < -0.3 is 15.4 Å². The molecule has 0 aliphatic heterocycles. The minimum Gasteiger partial charge on any atom is -0.423 e. The second kappa shape index (κ2) is 6.16. The van der Waals surface area contributed by atoms with Gasteiger partial charge >= 0.3 is 7.12 Å². The minimum atomic E-state index is -1.64. The zero-order valence-corrected chi connectivity index (χ0v) is 10.8. The largest absolute Gasteiger partial charge is 0.488 e. The molecule has 2 aromatic carbocycles. The first-order chi connectivity index (χ1) is 9.97. The number of anilines is 1. The van der Waals surface area contributed by atoms with Gasteiger partial charge in [-0.3, -0.25) is 14.9 Å². The molecule has 0 fully saturated rings. The molecule has 0 aliphatic rings. The molecule has 0 bridgehead atoms. The van der Waals surface area contributed by atoms with Crippen LogP contribution in [0.3, 0.4) is 0 Å². The van der Waals surface area contributed by atoms with Crippen molar-refractivity contribution in [2.75, 3.05) is 5.32 Å². The normalized spacial score (nSPS) is 10.0. The Hall–Kier alpha value is -2.71. The maximum absolute atomic E-state index is 12.0. The maximum Gasteiger partial charge on any atom is 0.488 e. The predicted molar refractivity (Wildman–Crippen MR) is 77.3 cm³/mol. The van der Waals surface area contributed by atoms with Gasteiger partial charge in [0.1, 0.15) is 0 Å². The molecule has 0 saturated heterocycles. The molecule has 0 unspecified atom stereocenters. The van der Waals surface area contributed by atoms with Crippen LogP contribution < -0.4 is 10.8 Å². The smallest absolute Gasteiger partial charge is 0.423 e. The highest BCUT2D eigenvalue weighted by molar-refractivity contribution is 6.58. The van der Waals surface area contributed by atoms with E-state index < -0.39 is 17.9 Å². The Morgan fingerprint density at radius 3 is 2.52 bits per heavy atom. The summed E-state index contributed by atoms with van der Waals surface area (Å²) < 4.78 is 0. The average Bonchev–Trinajstić information content (AvgIpc) is 2.47. The molecule has 21 heavy (non-hydrogen) atoms. The average molecular weight is 286 g/mol. The molecule has 2 rings (SSSR count). The number of hydrogen-bond acceptors (Lipinski definition) is 5. The van der Waals surface area contributed by atoms with Crippen molar-refractivity contribution in [1.29, 1.82) is 0 Å². The van der Waals surface area contributed by atoms with Gasteiger partial charge in [-0.2, -0.15) is 0 Å². The fourth-order valence-electron chi connectivity index (χ4n) is 1.74. The summed E-state index contributed by atoms with van der Waals surface area (Å²) in [5.74, 6) is -0.525. The van der Waals surface area contributed by atoms with Gasteiger partial charge in [-0.25, -0.2) is 0 Å². The van der Waals surface area contributed by atoms with Crippen molar-refractivity contribution < 1.29 is 19.8 Å². The van der Waals surface area contributed by atoms with Crippen LogP contribution in [0.4, 0.5) is 11.4 Å². The molecule has 1 amide bonds. The van der Waals surface area contributed by atoms with Gasteiger partial charge in [-0.15, -0.1) is 0 Å². The number of nitro benzene ring substituents is 1. The van der Waals surface area contributed by atoms with Crippen LogP contribution in [0.1, 0.15) is 10.4 Å². The molecule has 0 spiro atoms. The fraction of sp³-hybridized carbons (Fsp3) is 0. The van der Waals surface area contributed by atoms with E-state index >= 15 is 0 Å². The van der Waals surface area contributed by atoms with Crippen LogP contribution in [-0.4, -0.2) is 28.0 Å². The number of rotatable bonds is 4. The van der Waals surface area contributed by atoms with Gasteiger partial charge in [-0.05, 0) is 23.7 Å². The van der Waals surface area contributed by atoms with Crippen molar-refractivity contribution in [3.8, 4) is 0 Å². The summed E-state index contributed by atoms with van der Waals surface area (Å²) in [7, 11) is -1.64. The molecule has 0 aliphatic carbocycles. The molecular formula is C13H11BN2O5. The highest BCUT2D eigenvalue weighted by atomic mass is 16.6. The number of benzene rings is 2. The van der Waals surface area contributed by atoms with Crippen LogP contribution in [0.15, 0.2) is 48.5 Å². The first kappa shape index (κ1) is 14.7. The van der Waals surface area contributed by atoms with Crippen LogP contribution in [0, 0.1) is 10.1 Å². The van der Waals surface area contributed by atoms with Crippen molar-refractivity contribution in [3.63, 3.8) is 0 Å². The Bertz CT molecular complexity index is 690. The summed E-state index contributed by atoms with van der Waals surface area (Å²) in [6, 6.07) is 11.3. The van der Waals surface area contributed by atoms with Crippen LogP contribution in [0.25, 0.3) is 0 Å². The van der Waals surface area contributed by atoms with E-state index in [1.54, 1.807) is 12.1 Å². The highest BCUT2D eigenvalue weighted by Crippen LogP contribution is 2.14. The molecule has 8 heteroatoms. The Kier molecular flexibility index (Phi) is 4.31. The van der Waals surface area contributed by atoms with Crippen LogP contribution in [0.5, 0.6) is 0 Å². The molecule has 0 radical (unpaired) electrons. The lowest BCUT2D eigenvalue weighted by molar-refractivity contribution is -0.384. The summed E-state index contributed by atoms with van der Waals surface area (Å²) in [5, 5.41) is 31.3. The zero-order chi connectivity index (χ0) is 15.4. The molecule has 0 aromatic heterocycles. The van der Waals surface area contributed by atoms with Crippen molar-refractivity contribution in [1.82, 2.24) is 0 Å². The zero-order valence-electron chi connectivity index (χ0n) is 10.8. The lowest BCUT2D eigenvalue weighted by Gasteiger charge is -2.07. The standard InChI is InChI=1S/C13H11BN2O5/c17-13(9-3-1-6-12(7-9)16(20)21)15-11-5-2-4-10(8-11)14(18)19/h1-8,18-19H,(H,15,17). The number of hydrogen-bond donors (Lipinski definition) is 3. The first-order valence-corrected chi connectivity index (χ1v) is 5.99. The minimum absolute atomic E-state index is 0.138. The summed E-state index contributed by atoms with van der Waals surface area (Å²) in [4.78, 5) is 22.1. The fourth-order valence-corrected chi connectivity index (χ4v) is 1.74. The van der Waals surface area contributed by atoms with Gasteiger partial charge in [0.05, 0.1) is 4.92 Å². The van der Waals surface area contributed by atoms with E-state index in [2.05, 4.69) is 5.32 Å². The van der Waals surface area contributed by atoms with Gasteiger partial charge in [0.25, 0.3) is 11.6 Å². The summed E-state index contributed by atoms with van der Waals surface area (Å²) in [6.45, 7) is 0. The van der Waals surface area contributed by atoms with E-state index in [-0.39, 0.29) is 16.7 Å². The van der Waals surface area contributed by atoms with E-state index in [9.17, 15) is 14.9 Å². The number of amides is 1. The Labute approximate surface area is 120 Å². The Morgan fingerprint density at radius 1 is 1.14 bits per heavy atom. The number of non-ortho nitro benzene ring substituents is 1. The van der Waals surface area contributed by atoms with E-state index in [1.807, 2.05) is 0 Å². The van der Waals surface area contributed by atoms with Gasteiger partial charge in [0, 0.05) is 23.4 Å². The molecule has 106 valence electrons. The Balaban J connectivity index is 2.20. The third kappa shape index (κ3) is 3.65. The summed E-state index contributed by atoms with van der Waals surface area (Å²) >= 11 is 0. The molecule has 0 saturated carbocycles. The van der Waals surface area contributed by atoms with Crippen molar-refractivity contribution in [2.24, 2.45) is 0 Å². The summed E-state index contributed by atoms with van der Waals surface area (Å²) in [5.41, 5.74) is 0.547. The lowest BCUT2D eigenvalue weighted by atomic mass is 9.80. The number of carbonyl (C=O) groups excluding carboxylic acids is 1. The van der Waals surface area contributed by atoms with Crippen molar-refractivity contribution >= 4 is 29.9 Å². The monoisotopic (exact) mass is 286 g/mol.